The van der Waals surface area contributed by atoms with E-state index in [2.05, 4.69) is 4.99 Å². The van der Waals surface area contributed by atoms with Crippen LogP contribution in [0, 0.1) is 5.92 Å². The number of guanidine groups is 1. The van der Waals surface area contributed by atoms with E-state index in [-0.39, 0.29) is 11.9 Å². The minimum absolute atomic E-state index is 0.0103. The molecule has 0 aliphatic carbocycles. The van der Waals surface area contributed by atoms with E-state index in [1.165, 1.54) is 0 Å². The van der Waals surface area contributed by atoms with Gasteiger partial charge in [-0.3, -0.25) is 9.79 Å². The van der Waals surface area contributed by atoms with Crippen molar-refractivity contribution in [2.45, 2.75) is 19.4 Å². The van der Waals surface area contributed by atoms with Gasteiger partial charge in [-0.15, -0.1) is 0 Å². The highest BCUT2D eigenvalue weighted by Crippen LogP contribution is 2.06. The van der Waals surface area contributed by atoms with Crippen molar-refractivity contribution in [3.63, 3.8) is 0 Å². The molecule has 0 radical (unpaired) electrons. The van der Waals surface area contributed by atoms with Gasteiger partial charge in [0.05, 0.1) is 0 Å². The summed E-state index contributed by atoms with van der Waals surface area (Å²) in [7, 11) is 0. The molecule has 0 aromatic rings. The fourth-order valence-electron chi connectivity index (χ4n) is 0.820. The van der Waals surface area contributed by atoms with Crippen LogP contribution >= 0.6 is 0 Å². The second kappa shape index (κ2) is 5.36. The molecule has 0 saturated heterocycles. The summed E-state index contributed by atoms with van der Waals surface area (Å²) in [4.78, 5) is 14.2. The Labute approximate surface area is 76.8 Å². The van der Waals surface area contributed by atoms with Gasteiger partial charge >= 0.3 is 5.97 Å². The van der Waals surface area contributed by atoms with Gasteiger partial charge in [-0.1, -0.05) is 6.92 Å². The zero-order valence-electron chi connectivity index (χ0n) is 7.60. The van der Waals surface area contributed by atoms with Crippen molar-refractivity contribution in [1.29, 1.82) is 0 Å². The monoisotopic (exact) mass is 188 g/mol. The normalized spacial score (nSPS) is 14.6. The standard InChI is InChI=1S/C7H16N4O2/c1-4(5(8)6(12)13)2-3-11-7(9)10/h4-5H,2-3,8H2,1H3,(H,12,13)(H4,9,10,11)/t4-,5+/m1/s1. The summed E-state index contributed by atoms with van der Waals surface area (Å²) in [5.74, 6) is -1.13. The lowest BCUT2D eigenvalue weighted by Crippen LogP contribution is -2.37. The molecule has 0 saturated carbocycles. The first kappa shape index (κ1) is 11.7. The number of carboxylic acids is 1. The summed E-state index contributed by atoms with van der Waals surface area (Å²) in [5, 5.41) is 8.55. The van der Waals surface area contributed by atoms with Crippen LogP contribution in [0.3, 0.4) is 0 Å². The van der Waals surface area contributed by atoms with Crippen LogP contribution in [0.1, 0.15) is 13.3 Å². The van der Waals surface area contributed by atoms with E-state index in [1.54, 1.807) is 6.92 Å². The van der Waals surface area contributed by atoms with E-state index in [0.29, 0.717) is 13.0 Å². The molecule has 0 heterocycles. The predicted octanol–water partition coefficient (Wildman–Crippen LogP) is -1.30. The number of aliphatic imine (C=N–C) groups is 1. The first-order chi connectivity index (χ1) is 5.95. The zero-order valence-corrected chi connectivity index (χ0v) is 7.60. The molecule has 2 atom stereocenters. The van der Waals surface area contributed by atoms with Crippen LogP contribution in [-0.2, 0) is 4.79 Å². The fourth-order valence-corrected chi connectivity index (χ4v) is 0.820. The Bertz CT molecular complexity index is 201. The maximum absolute atomic E-state index is 10.4. The summed E-state index contributed by atoms with van der Waals surface area (Å²) >= 11 is 0. The Hall–Kier alpha value is -1.30. The van der Waals surface area contributed by atoms with Crippen molar-refractivity contribution in [3.05, 3.63) is 0 Å². The molecule has 6 nitrogen and oxygen atoms in total. The number of rotatable bonds is 5. The molecule has 0 amide bonds. The molecule has 0 bridgehead atoms. The van der Waals surface area contributed by atoms with Crippen molar-refractivity contribution >= 4 is 11.9 Å². The molecule has 6 heteroatoms. The van der Waals surface area contributed by atoms with Crippen LogP contribution in [0.15, 0.2) is 4.99 Å². The van der Waals surface area contributed by atoms with E-state index < -0.39 is 12.0 Å². The molecule has 0 unspecified atom stereocenters. The number of nitrogens with zero attached hydrogens (tertiary/aromatic N) is 1. The lowest BCUT2D eigenvalue weighted by molar-refractivity contribution is -0.139. The quantitative estimate of drug-likeness (QED) is 0.315. The van der Waals surface area contributed by atoms with Crippen LogP contribution < -0.4 is 17.2 Å². The average Bonchev–Trinajstić information content (AvgIpc) is 2.02. The molecule has 0 aromatic carbocycles. The summed E-state index contributed by atoms with van der Waals surface area (Å²) < 4.78 is 0. The lowest BCUT2D eigenvalue weighted by Gasteiger charge is -2.13. The van der Waals surface area contributed by atoms with Gasteiger partial charge in [0, 0.05) is 6.54 Å². The molecule has 0 fully saturated rings. The number of hydrogen-bond acceptors (Lipinski definition) is 3. The highest BCUT2D eigenvalue weighted by atomic mass is 16.4. The van der Waals surface area contributed by atoms with Crippen molar-refractivity contribution in [1.82, 2.24) is 0 Å². The van der Waals surface area contributed by atoms with Gasteiger partial charge in [0.2, 0.25) is 0 Å². The fraction of sp³-hybridized carbons (Fsp3) is 0.714. The largest absolute Gasteiger partial charge is 0.480 e. The molecule has 13 heavy (non-hydrogen) atoms. The molecule has 0 aromatic heterocycles. The van der Waals surface area contributed by atoms with Crippen LogP contribution in [0.4, 0.5) is 0 Å². The minimum Gasteiger partial charge on any atom is -0.480 e. The number of aliphatic carboxylic acids is 1. The number of carbonyl (C=O) groups is 1. The van der Waals surface area contributed by atoms with Gasteiger partial charge in [0.1, 0.15) is 6.04 Å². The SMILES string of the molecule is C[C@H](CCN=C(N)N)[C@H](N)C(=O)O. The second-order valence-electron chi connectivity index (χ2n) is 2.94. The zero-order chi connectivity index (χ0) is 10.4. The van der Waals surface area contributed by atoms with Gasteiger partial charge in [0.15, 0.2) is 5.96 Å². The van der Waals surface area contributed by atoms with E-state index >= 15 is 0 Å². The van der Waals surface area contributed by atoms with Crippen LogP contribution in [0.25, 0.3) is 0 Å². The van der Waals surface area contributed by atoms with Crippen molar-refractivity contribution in [3.8, 4) is 0 Å². The molecular formula is C7H16N4O2. The Morgan fingerprint density at radius 2 is 2.08 bits per heavy atom. The molecule has 0 aliphatic rings. The third-order valence-corrected chi connectivity index (χ3v) is 1.78. The number of nitrogens with two attached hydrogens (primary N) is 3. The summed E-state index contributed by atoms with van der Waals surface area (Å²) in [6, 6.07) is -0.853. The van der Waals surface area contributed by atoms with Gasteiger partial charge in [-0.2, -0.15) is 0 Å². The predicted molar refractivity (Wildman–Crippen MR) is 50.1 cm³/mol. The minimum atomic E-state index is -1.00. The number of carboxylic acid groups (broad SMARTS) is 1. The summed E-state index contributed by atoms with van der Waals surface area (Å²) in [6.45, 7) is 2.16. The van der Waals surface area contributed by atoms with Gasteiger partial charge in [-0.05, 0) is 12.3 Å². The summed E-state index contributed by atoms with van der Waals surface area (Å²) in [5.41, 5.74) is 15.6. The average molecular weight is 188 g/mol. The molecular weight excluding hydrogens is 172 g/mol. The Morgan fingerprint density at radius 1 is 1.54 bits per heavy atom. The Balaban J connectivity index is 3.81. The topological polar surface area (TPSA) is 128 Å². The molecule has 0 rings (SSSR count). The van der Waals surface area contributed by atoms with Crippen molar-refractivity contribution in [2.24, 2.45) is 28.1 Å². The first-order valence-electron chi connectivity index (χ1n) is 3.99. The molecule has 0 spiro atoms. The van der Waals surface area contributed by atoms with Crippen LogP contribution in [0.5, 0.6) is 0 Å². The van der Waals surface area contributed by atoms with Gasteiger partial charge < -0.3 is 22.3 Å². The molecule has 0 aliphatic heterocycles. The molecule has 76 valence electrons. The van der Waals surface area contributed by atoms with E-state index in [9.17, 15) is 4.79 Å². The lowest BCUT2D eigenvalue weighted by atomic mass is 9.99. The van der Waals surface area contributed by atoms with Crippen molar-refractivity contribution in [2.75, 3.05) is 6.54 Å². The maximum atomic E-state index is 10.4. The Morgan fingerprint density at radius 3 is 2.46 bits per heavy atom. The summed E-state index contributed by atoms with van der Waals surface area (Å²) in [6.07, 6.45) is 0.561. The highest BCUT2D eigenvalue weighted by Gasteiger charge is 2.18. The van der Waals surface area contributed by atoms with E-state index in [4.69, 9.17) is 22.3 Å². The third-order valence-electron chi connectivity index (χ3n) is 1.78. The van der Waals surface area contributed by atoms with Crippen molar-refractivity contribution < 1.29 is 9.90 Å². The maximum Gasteiger partial charge on any atom is 0.320 e. The highest BCUT2D eigenvalue weighted by molar-refractivity contribution is 5.75. The van der Waals surface area contributed by atoms with Crippen LogP contribution in [0.2, 0.25) is 0 Å². The van der Waals surface area contributed by atoms with E-state index in [1.807, 2.05) is 0 Å². The third kappa shape index (κ3) is 5.02. The molecule has 7 N–H and O–H groups in total. The van der Waals surface area contributed by atoms with Gasteiger partial charge in [0.25, 0.3) is 0 Å². The Kier molecular flexibility index (Phi) is 4.83. The second-order valence-corrected chi connectivity index (χ2v) is 2.94. The van der Waals surface area contributed by atoms with Crippen LogP contribution in [-0.4, -0.2) is 29.6 Å². The number of hydrogen-bond donors (Lipinski definition) is 4. The van der Waals surface area contributed by atoms with E-state index in [0.717, 1.165) is 0 Å². The smallest absolute Gasteiger partial charge is 0.320 e. The van der Waals surface area contributed by atoms with Gasteiger partial charge in [-0.25, -0.2) is 0 Å². The first-order valence-corrected chi connectivity index (χ1v) is 3.99.